The Balaban J connectivity index is -0.000000245. The summed E-state index contributed by atoms with van der Waals surface area (Å²) in [6.45, 7) is 4.16. The summed E-state index contributed by atoms with van der Waals surface area (Å²) in [5.74, 6) is 0. The molecule has 9 heavy (non-hydrogen) atoms. The van der Waals surface area contributed by atoms with Crippen molar-refractivity contribution in [1.29, 1.82) is 0 Å². The van der Waals surface area contributed by atoms with E-state index < -0.39 is 0 Å². The van der Waals surface area contributed by atoms with Crippen LogP contribution in [0.1, 0.15) is 41.0 Å². The fourth-order valence-corrected chi connectivity index (χ4v) is 0.644. The monoisotopic (exact) mass is 156 g/mol. The van der Waals surface area contributed by atoms with Crippen LogP contribution in [0.4, 0.5) is 0 Å². The van der Waals surface area contributed by atoms with E-state index in [2.05, 4.69) is 6.92 Å². The molecule has 0 aliphatic heterocycles. The first kappa shape index (κ1) is 13.2. The van der Waals surface area contributed by atoms with Crippen LogP contribution in [-0.2, 0) is 0 Å². The Morgan fingerprint density at radius 2 is 2.00 bits per heavy atom. The molecule has 0 aliphatic carbocycles. The van der Waals surface area contributed by atoms with Gasteiger partial charge in [0.15, 0.2) is 0 Å². The van der Waals surface area contributed by atoms with Gasteiger partial charge in [-0.1, -0.05) is 26.7 Å². The third-order valence-electron chi connectivity index (χ3n) is 1.36. The average Bonchev–Trinajstić information content (AvgIpc) is 1.83. The summed E-state index contributed by atoms with van der Waals surface area (Å²) in [5.41, 5.74) is 0. The smallest absolute Gasteiger partial charge is 1.00 e. The van der Waals surface area contributed by atoms with Gasteiger partial charge >= 0.3 is 51.4 Å². The summed E-state index contributed by atoms with van der Waals surface area (Å²) in [4.78, 5) is 0. The maximum atomic E-state index is 8.99. The zero-order valence-corrected chi connectivity index (χ0v) is 9.98. The molecule has 0 saturated carbocycles. The molecule has 0 rings (SSSR count). The van der Waals surface area contributed by atoms with E-state index in [-0.39, 0.29) is 58.9 Å². The zero-order valence-electron chi connectivity index (χ0n) is 7.85. The number of aliphatic hydroxyl groups excluding tert-OH is 1. The molecule has 1 unspecified atom stereocenters. The van der Waals surface area contributed by atoms with Crippen molar-refractivity contribution in [2.75, 3.05) is 0 Å². The molecule has 0 fully saturated rings. The van der Waals surface area contributed by atoms with Gasteiger partial charge in [0, 0.05) is 0 Å². The predicted octanol–water partition coefficient (Wildman–Crippen LogP) is -0.936. The molecule has 0 spiro atoms. The third-order valence-corrected chi connectivity index (χ3v) is 1.36. The second-order valence-electron chi connectivity index (χ2n) is 2.20. The van der Waals surface area contributed by atoms with Crippen LogP contribution < -0.4 is 51.4 Å². The summed E-state index contributed by atoms with van der Waals surface area (Å²) in [7, 11) is 0. The second-order valence-corrected chi connectivity index (χ2v) is 2.20. The van der Waals surface area contributed by atoms with E-state index in [1.165, 1.54) is 6.42 Å². The van der Waals surface area contributed by atoms with Crippen molar-refractivity contribution in [3.05, 3.63) is 0 Å². The molecule has 0 radical (unpaired) electrons. The topological polar surface area (TPSA) is 20.2 Å². The molecule has 0 saturated heterocycles. The van der Waals surface area contributed by atoms with Gasteiger partial charge in [0.1, 0.15) is 0 Å². The van der Waals surface area contributed by atoms with Crippen molar-refractivity contribution in [2.45, 2.75) is 45.6 Å². The molecule has 0 aromatic heterocycles. The molecule has 1 nitrogen and oxygen atoms in total. The Morgan fingerprint density at radius 3 is 2.33 bits per heavy atom. The summed E-state index contributed by atoms with van der Waals surface area (Å²) >= 11 is 0. The fraction of sp³-hybridized carbons (Fsp3) is 1.00. The van der Waals surface area contributed by atoms with E-state index in [1.807, 2.05) is 6.92 Å². The van der Waals surface area contributed by atoms with Gasteiger partial charge in [-0.3, -0.25) is 0 Å². The first-order valence-electron chi connectivity index (χ1n) is 3.49. The van der Waals surface area contributed by atoms with Crippen molar-refractivity contribution in [3.8, 4) is 0 Å². The minimum Gasteiger partial charge on any atom is -1.00 e. The van der Waals surface area contributed by atoms with E-state index in [1.54, 1.807) is 0 Å². The zero-order chi connectivity index (χ0) is 6.41. The molecule has 1 N–H and O–H groups in total. The standard InChI is InChI=1S/C7H16O.K.H/c1-3-5-6-7(8)4-2;;/h7-8H,3-6H2,1-2H3;;/q;+1;-1. The average molecular weight is 156 g/mol. The Labute approximate surface area is 102 Å². The van der Waals surface area contributed by atoms with Crippen LogP contribution in [0, 0.1) is 0 Å². The van der Waals surface area contributed by atoms with Crippen LogP contribution in [0.5, 0.6) is 0 Å². The van der Waals surface area contributed by atoms with Crippen LogP contribution in [-0.4, -0.2) is 11.2 Å². The Kier molecular flexibility index (Phi) is 14.1. The van der Waals surface area contributed by atoms with Gasteiger partial charge in [-0.2, -0.15) is 0 Å². The van der Waals surface area contributed by atoms with Crippen molar-refractivity contribution in [3.63, 3.8) is 0 Å². The van der Waals surface area contributed by atoms with Crippen molar-refractivity contribution >= 4 is 0 Å². The minimum atomic E-state index is -0.0463. The van der Waals surface area contributed by atoms with E-state index in [9.17, 15) is 0 Å². The molecule has 0 amide bonds. The van der Waals surface area contributed by atoms with E-state index in [0.717, 1.165) is 19.3 Å². The molecular formula is C7H17KO. The number of unbranched alkanes of at least 4 members (excludes halogenated alkanes) is 1. The number of hydrogen-bond acceptors (Lipinski definition) is 1. The summed E-state index contributed by atoms with van der Waals surface area (Å²) < 4.78 is 0. The molecule has 2 heteroatoms. The molecule has 0 heterocycles. The molecule has 0 aliphatic rings. The van der Waals surface area contributed by atoms with Crippen LogP contribution in [0.15, 0.2) is 0 Å². The van der Waals surface area contributed by atoms with Gasteiger partial charge in [0.25, 0.3) is 0 Å². The largest absolute Gasteiger partial charge is 1.00 e. The van der Waals surface area contributed by atoms with Gasteiger partial charge in [-0.15, -0.1) is 0 Å². The quantitative estimate of drug-likeness (QED) is 0.521. The molecule has 0 aromatic carbocycles. The van der Waals surface area contributed by atoms with Crippen LogP contribution >= 0.6 is 0 Å². The Bertz CT molecular complexity index is 52.9. The van der Waals surface area contributed by atoms with Crippen molar-refractivity contribution < 1.29 is 57.9 Å². The molecule has 52 valence electrons. The van der Waals surface area contributed by atoms with E-state index in [0.29, 0.717) is 0 Å². The number of aliphatic hydroxyl groups is 1. The molecule has 0 bridgehead atoms. The molecule has 1 atom stereocenters. The van der Waals surface area contributed by atoms with Crippen LogP contribution in [0.2, 0.25) is 0 Å². The first-order chi connectivity index (χ1) is 3.81. The summed E-state index contributed by atoms with van der Waals surface area (Å²) in [6, 6.07) is 0. The van der Waals surface area contributed by atoms with Gasteiger partial charge in [0.05, 0.1) is 6.10 Å². The van der Waals surface area contributed by atoms with Crippen LogP contribution in [0.25, 0.3) is 0 Å². The normalized spacial score (nSPS) is 12.3. The predicted molar refractivity (Wildman–Crippen MR) is 36.9 cm³/mol. The van der Waals surface area contributed by atoms with E-state index >= 15 is 0 Å². The van der Waals surface area contributed by atoms with Crippen molar-refractivity contribution in [1.82, 2.24) is 0 Å². The summed E-state index contributed by atoms with van der Waals surface area (Å²) in [5, 5.41) is 8.99. The maximum Gasteiger partial charge on any atom is 1.00 e. The number of rotatable bonds is 4. The molecular weight excluding hydrogens is 139 g/mol. The van der Waals surface area contributed by atoms with Gasteiger partial charge in [-0.25, -0.2) is 0 Å². The SMILES string of the molecule is CCCCC(O)CC.[H-].[K+]. The Morgan fingerprint density at radius 1 is 1.44 bits per heavy atom. The fourth-order valence-electron chi connectivity index (χ4n) is 0.644. The number of hydrogen-bond donors (Lipinski definition) is 1. The third kappa shape index (κ3) is 9.60. The van der Waals surface area contributed by atoms with Crippen molar-refractivity contribution in [2.24, 2.45) is 0 Å². The van der Waals surface area contributed by atoms with E-state index in [4.69, 9.17) is 5.11 Å². The summed E-state index contributed by atoms with van der Waals surface area (Å²) in [6.07, 6.45) is 4.19. The first-order valence-corrected chi connectivity index (χ1v) is 3.49. The van der Waals surface area contributed by atoms with Gasteiger partial charge in [-0.05, 0) is 12.8 Å². The maximum absolute atomic E-state index is 8.99. The Hall–Kier alpha value is 1.60. The minimum absolute atomic E-state index is 0. The van der Waals surface area contributed by atoms with Gasteiger partial charge < -0.3 is 6.53 Å². The van der Waals surface area contributed by atoms with Crippen LogP contribution in [0.3, 0.4) is 0 Å². The second kappa shape index (κ2) is 9.60. The molecule has 0 aromatic rings. The van der Waals surface area contributed by atoms with Gasteiger partial charge in [0.2, 0.25) is 0 Å².